The van der Waals surface area contributed by atoms with Crippen molar-refractivity contribution in [2.75, 3.05) is 6.61 Å². The average Bonchev–Trinajstić information content (AvgIpc) is 2.86. The third kappa shape index (κ3) is 7.82. The normalized spacial score (nSPS) is 18.9. The van der Waals surface area contributed by atoms with Crippen LogP contribution in [-0.4, -0.2) is 24.9 Å². The highest BCUT2D eigenvalue weighted by Gasteiger charge is 2.27. The summed E-state index contributed by atoms with van der Waals surface area (Å²) in [5.74, 6) is -0.118. The second-order valence-electron chi connectivity index (χ2n) is 9.42. The second kappa shape index (κ2) is 13.5. The molecule has 3 rings (SSSR count). The predicted molar refractivity (Wildman–Crippen MR) is 132 cm³/mol. The Morgan fingerprint density at radius 1 is 1.00 bits per heavy atom. The highest BCUT2D eigenvalue weighted by atomic mass is 19.1. The van der Waals surface area contributed by atoms with Crippen LogP contribution in [0.3, 0.4) is 0 Å². The number of rotatable bonds is 12. The zero-order valence-electron chi connectivity index (χ0n) is 20.5. The third-order valence-corrected chi connectivity index (χ3v) is 6.67. The Morgan fingerprint density at radius 2 is 1.71 bits per heavy atom. The van der Waals surface area contributed by atoms with Gasteiger partial charge in [-0.1, -0.05) is 57.0 Å². The SMILES string of the molecule is CCCC[C@H](F)C(=O)OC1CCC(CCc2ccc(-c3ccc(OCCC)c(F)c3)cc2)CC1. The van der Waals surface area contributed by atoms with Crippen molar-refractivity contribution in [3.05, 3.63) is 53.8 Å². The van der Waals surface area contributed by atoms with Gasteiger partial charge in [0.25, 0.3) is 0 Å². The van der Waals surface area contributed by atoms with Crippen LogP contribution in [0.1, 0.15) is 77.2 Å². The molecule has 0 radical (unpaired) electrons. The van der Waals surface area contributed by atoms with Crippen molar-refractivity contribution in [3.8, 4) is 16.9 Å². The number of hydrogen-bond acceptors (Lipinski definition) is 3. The van der Waals surface area contributed by atoms with Gasteiger partial charge < -0.3 is 9.47 Å². The van der Waals surface area contributed by atoms with E-state index in [-0.39, 0.29) is 18.3 Å². The van der Waals surface area contributed by atoms with Crippen molar-refractivity contribution in [1.29, 1.82) is 0 Å². The van der Waals surface area contributed by atoms with Crippen LogP contribution >= 0.6 is 0 Å². The fourth-order valence-corrected chi connectivity index (χ4v) is 4.52. The van der Waals surface area contributed by atoms with E-state index >= 15 is 0 Å². The lowest BCUT2D eigenvalue weighted by Crippen LogP contribution is -2.29. The van der Waals surface area contributed by atoms with Crippen LogP contribution in [0.15, 0.2) is 42.5 Å². The molecule has 0 spiro atoms. The maximum Gasteiger partial charge on any atom is 0.340 e. The largest absolute Gasteiger partial charge is 0.491 e. The molecule has 0 saturated heterocycles. The number of hydrogen-bond donors (Lipinski definition) is 0. The van der Waals surface area contributed by atoms with Crippen molar-refractivity contribution < 1.29 is 23.0 Å². The monoisotopic (exact) mass is 472 g/mol. The van der Waals surface area contributed by atoms with Crippen LogP contribution in [0.25, 0.3) is 11.1 Å². The van der Waals surface area contributed by atoms with E-state index in [1.165, 1.54) is 11.6 Å². The zero-order chi connectivity index (χ0) is 24.3. The minimum absolute atomic E-state index is 0.137. The number of unbranched alkanes of at least 4 members (excludes halogenated alkanes) is 1. The fourth-order valence-electron chi connectivity index (χ4n) is 4.52. The van der Waals surface area contributed by atoms with Crippen molar-refractivity contribution in [1.82, 2.24) is 0 Å². The molecule has 1 fully saturated rings. The van der Waals surface area contributed by atoms with Gasteiger partial charge in [0.1, 0.15) is 6.10 Å². The number of alkyl halides is 1. The molecule has 186 valence electrons. The predicted octanol–water partition coefficient (Wildman–Crippen LogP) is 7.84. The Hall–Kier alpha value is -2.43. The first-order chi connectivity index (χ1) is 16.5. The van der Waals surface area contributed by atoms with Crippen molar-refractivity contribution >= 4 is 5.97 Å². The molecule has 3 nitrogen and oxygen atoms in total. The van der Waals surface area contributed by atoms with Crippen LogP contribution in [0.5, 0.6) is 5.75 Å². The van der Waals surface area contributed by atoms with E-state index in [0.717, 1.165) is 62.5 Å². The Labute approximate surface area is 202 Å². The maximum absolute atomic E-state index is 14.3. The van der Waals surface area contributed by atoms with Gasteiger partial charge in [0.05, 0.1) is 6.61 Å². The molecule has 1 aliphatic carbocycles. The summed E-state index contributed by atoms with van der Waals surface area (Å²) in [6.07, 6.45) is 6.79. The van der Waals surface area contributed by atoms with Gasteiger partial charge in [-0.25, -0.2) is 13.6 Å². The lowest BCUT2D eigenvalue weighted by molar-refractivity contribution is -0.157. The van der Waals surface area contributed by atoms with Gasteiger partial charge in [0, 0.05) is 0 Å². The lowest BCUT2D eigenvalue weighted by atomic mass is 9.83. The first-order valence-corrected chi connectivity index (χ1v) is 12.9. The van der Waals surface area contributed by atoms with Crippen LogP contribution in [0.2, 0.25) is 0 Å². The Morgan fingerprint density at radius 3 is 2.35 bits per heavy atom. The highest BCUT2D eigenvalue weighted by Crippen LogP contribution is 2.31. The van der Waals surface area contributed by atoms with E-state index in [1.54, 1.807) is 6.07 Å². The smallest absolute Gasteiger partial charge is 0.340 e. The van der Waals surface area contributed by atoms with Gasteiger partial charge in [-0.15, -0.1) is 0 Å². The topological polar surface area (TPSA) is 35.5 Å². The minimum Gasteiger partial charge on any atom is -0.491 e. The van der Waals surface area contributed by atoms with Gasteiger partial charge in [-0.05, 0) is 86.1 Å². The summed E-state index contributed by atoms with van der Waals surface area (Å²) < 4.78 is 38.9. The third-order valence-electron chi connectivity index (χ3n) is 6.67. The number of esters is 1. The van der Waals surface area contributed by atoms with Crippen molar-refractivity contribution in [3.63, 3.8) is 0 Å². The van der Waals surface area contributed by atoms with E-state index in [0.29, 0.717) is 24.7 Å². The summed E-state index contributed by atoms with van der Waals surface area (Å²) in [5, 5.41) is 0. The Balaban J connectivity index is 1.42. The number of aryl methyl sites for hydroxylation is 1. The molecule has 1 aliphatic rings. The van der Waals surface area contributed by atoms with E-state index < -0.39 is 12.1 Å². The minimum atomic E-state index is -1.48. The summed E-state index contributed by atoms with van der Waals surface area (Å²) in [7, 11) is 0. The van der Waals surface area contributed by atoms with Crippen LogP contribution in [-0.2, 0) is 16.0 Å². The number of ether oxygens (including phenoxy) is 2. The molecule has 0 bridgehead atoms. The Bertz CT molecular complexity index is 889. The summed E-state index contributed by atoms with van der Waals surface area (Å²) >= 11 is 0. The first kappa shape index (κ1) is 26.2. The molecule has 0 N–H and O–H groups in total. The molecule has 5 heteroatoms. The lowest BCUT2D eigenvalue weighted by Gasteiger charge is -2.28. The molecule has 0 aliphatic heterocycles. The number of carbonyl (C=O) groups excluding carboxylic acids is 1. The van der Waals surface area contributed by atoms with Gasteiger partial charge in [-0.2, -0.15) is 0 Å². The number of halogens is 2. The molecular weight excluding hydrogens is 434 g/mol. The summed E-state index contributed by atoms with van der Waals surface area (Å²) in [6, 6.07) is 13.4. The van der Waals surface area contributed by atoms with Gasteiger partial charge in [0.15, 0.2) is 17.7 Å². The average molecular weight is 473 g/mol. The quantitative estimate of drug-likeness (QED) is 0.295. The molecule has 1 atom stereocenters. The van der Waals surface area contributed by atoms with Gasteiger partial charge >= 0.3 is 5.97 Å². The van der Waals surface area contributed by atoms with E-state index in [1.807, 2.05) is 32.0 Å². The van der Waals surface area contributed by atoms with E-state index in [2.05, 4.69) is 12.1 Å². The molecule has 34 heavy (non-hydrogen) atoms. The van der Waals surface area contributed by atoms with E-state index in [9.17, 15) is 13.6 Å². The van der Waals surface area contributed by atoms with Crippen LogP contribution in [0, 0.1) is 11.7 Å². The molecular formula is C29H38F2O3. The van der Waals surface area contributed by atoms with Crippen LogP contribution in [0.4, 0.5) is 8.78 Å². The standard InChI is InChI=1S/C29H38F2O3/c1-3-5-6-26(30)29(32)34-25-16-11-22(12-17-25)8-7-21-9-13-23(14-10-21)24-15-18-28(27(31)20-24)33-19-4-2/h9-10,13-15,18,20,22,25-26H,3-8,11-12,16-17,19H2,1-2H3/t22?,25?,26-/m0/s1. The molecule has 1 saturated carbocycles. The summed E-state index contributed by atoms with van der Waals surface area (Å²) in [4.78, 5) is 11.9. The molecule has 0 amide bonds. The maximum atomic E-state index is 14.3. The number of carbonyl (C=O) groups is 1. The molecule has 2 aromatic carbocycles. The Kier molecular flexibility index (Phi) is 10.4. The van der Waals surface area contributed by atoms with Crippen molar-refractivity contribution in [2.45, 2.75) is 90.3 Å². The van der Waals surface area contributed by atoms with Crippen molar-refractivity contribution in [2.24, 2.45) is 5.92 Å². The summed E-state index contributed by atoms with van der Waals surface area (Å²) in [5.41, 5.74) is 3.08. The highest BCUT2D eigenvalue weighted by molar-refractivity contribution is 5.74. The molecule has 0 heterocycles. The summed E-state index contributed by atoms with van der Waals surface area (Å²) in [6.45, 7) is 4.49. The van der Waals surface area contributed by atoms with Gasteiger partial charge in [0.2, 0.25) is 0 Å². The van der Waals surface area contributed by atoms with Gasteiger partial charge in [-0.3, -0.25) is 0 Å². The molecule has 0 unspecified atom stereocenters. The first-order valence-electron chi connectivity index (χ1n) is 12.9. The van der Waals surface area contributed by atoms with Crippen LogP contribution < -0.4 is 4.74 Å². The molecule has 0 aromatic heterocycles. The fraction of sp³-hybridized carbons (Fsp3) is 0.552. The second-order valence-corrected chi connectivity index (χ2v) is 9.42. The number of benzene rings is 2. The molecule has 2 aromatic rings. The zero-order valence-corrected chi connectivity index (χ0v) is 20.5. The van der Waals surface area contributed by atoms with E-state index in [4.69, 9.17) is 9.47 Å².